The molecule has 0 fully saturated rings. The Morgan fingerprint density at radius 3 is 2.86 bits per heavy atom. The molecule has 0 saturated heterocycles. The van der Waals surface area contributed by atoms with Crippen LogP contribution in [0, 0.1) is 5.82 Å². The summed E-state index contributed by atoms with van der Waals surface area (Å²) in [6.07, 6.45) is 1.65. The molecule has 110 valence electrons. The van der Waals surface area contributed by atoms with E-state index in [9.17, 15) is 9.18 Å². The first-order valence-electron chi connectivity index (χ1n) is 6.69. The summed E-state index contributed by atoms with van der Waals surface area (Å²) < 4.78 is 13.2. The van der Waals surface area contributed by atoms with Crippen LogP contribution in [0.4, 0.5) is 4.39 Å². The standard InChI is InChI=1S/C16H17FN2OS/c1-11(2)19-15(20)14-7-4-8-18-16(14)21-10-12-5-3-6-13(17)9-12/h3-9,11H,10H2,1-2H3,(H,19,20). The van der Waals surface area contributed by atoms with Gasteiger partial charge in [0.05, 0.1) is 5.56 Å². The number of rotatable bonds is 5. The first kappa shape index (κ1) is 15.5. The Kier molecular flexibility index (Phi) is 5.33. The van der Waals surface area contributed by atoms with Crippen molar-refractivity contribution in [3.8, 4) is 0 Å². The van der Waals surface area contributed by atoms with Gasteiger partial charge < -0.3 is 5.32 Å². The fraction of sp³-hybridized carbons (Fsp3) is 0.250. The minimum absolute atomic E-state index is 0.0683. The fourth-order valence-electron chi connectivity index (χ4n) is 1.80. The Morgan fingerprint density at radius 1 is 1.33 bits per heavy atom. The number of pyridine rings is 1. The summed E-state index contributed by atoms with van der Waals surface area (Å²) >= 11 is 1.43. The lowest BCUT2D eigenvalue weighted by atomic mass is 10.2. The van der Waals surface area contributed by atoms with Gasteiger partial charge in [-0.1, -0.05) is 12.1 Å². The number of aromatic nitrogens is 1. The van der Waals surface area contributed by atoms with Crippen molar-refractivity contribution in [2.75, 3.05) is 0 Å². The minimum atomic E-state index is -0.258. The van der Waals surface area contributed by atoms with Crippen molar-refractivity contribution in [1.29, 1.82) is 0 Å². The van der Waals surface area contributed by atoms with Crippen LogP contribution in [0.3, 0.4) is 0 Å². The first-order chi connectivity index (χ1) is 10.1. The third-order valence-electron chi connectivity index (χ3n) is 2.70. The van der Waals surface area contributed by atoms with Crippen LogP contribution in [0.1, 0.15) is 29.8 Å². The monoisotopic (exact) mass is 304 g/mol. The number of thioether (sulfide) groups is 1. The van der Waals surface area contributed by atoms with Crippen molar-refractivity contribution in [2.24, 2.45) is 0 Å². The maximum absolute atomic E-state index is 13.2. The molecular weight excluding hydrogens is 287 g/mol. The average molecular weight is 304 g/mol. The highest BCUT2D eigenvalue weighted by Crippen LogP contribution is 2.24. The molecule has 2 rings (SSSR count). The van der Waals surface area contributed by atoms with Gasteiger partial charge in [-0.25, -0.2) is 9.37 Å². The number of hydrogen-bond acceptors (Lipinski definition) is 3. The van der Waals surface area contributed by atoms with Crippen LogP contribution in [-0.2, 0) is 5.75 Å². The zero-order valence-electron chi connectivity index (χ0n) is 12.0. The average Bonchev–Trinajstić information content (AvgIpc) is 2.45. The van der Waals surface area contributed by atoms with E-state index < -0.39 is 0 Å². The molecular formula is C16H17FN2OS. The summed E-state index contributed by atoms with van der Waals surface area (Å²) in [5, 5.41) is 3.51. The summed E-state index contributed by atoms with van der Waals surface area (Å²) in [4.78, 5) is 16.4. The zero-order valence-corrected chi connectivity index (χ0v) is 12.8. The molecule has 0 unspecified atom stereocenters. The van der Waals surface area contributed by atoms with Gasteiger partial charge in [0.2, 0.25) is 0 Å². The van der Waals surface area contributed by atoms with Gasteiger partial charge in [-0.05, 0) is 43.7 Å². The predicted molar refractivity (Wildman–Crippen MR) is 82.8 cm³/mol. The molecule has 1 heterocycles. The Hall–Kier alpha value is -1.88. The van der Waals surface area contributed by atoms with Gasteiger partial charge in [-0.2, -0.15) is 0 Å². The third-order valence-corrected chi connectivity index (χ3v) is 3.78. The van der Waals surface area contributed by atoms with Crippen LogP contribution in [0.25, 0.3) is 0 Å². The molecule has 21 heavy (non-hydrogen) atoms. The fourth-order valence-corrected chi connectivity index (χ4v) is 2.73. The van der Waals surface area contributed by atoms with E-state index in [-0.39, 0.29) is 17.8 Å². The highest BCUT2D eigenvalue weighted by molar-refractivity contribution is 7.98. The molecule has 2 aromatic rings. The molecule has 0 saturated carbocycles. The lowest BCUT2D eigenvalue weighted by Crippen LogP contribution is -2.30. The highest BCUT2D eigenvalue weighted by Gasteiger charge is 2.13. The number of carbonyl (C=O) groups excluding carboxylic acids is 1. The SMILES string of the molecule is CC(C)NC(=O)c1cccnc1SCc1cccc(F)c1. The van der Waals surface area contributed by atoms with Crippen molar-refractivity contribution >= 4 is 17.7 Å². The number of nitrogens with one attached hydrogen (secondary N) is 1. The smallest absolute Gasteiger partial charge is 0.254 e. The van der Waals surface area contributed by atoms with E-state index in [0.29, 0.717) is 16.3 Å². The van der Waals surface area contributed by atoms with E-state index >= 15 is 0 Å². The molecule has 1 amide bonds. The van der Waals surface area contributed by atoms with Gasteiger partial charge in [0.15, 0.2) is 0 Å². The molecule has 5 heteroatoms. The molecule has 3 nitrogen and oxygen atoms in total. The van der Waals surface area contributed by atoms with Crippen molar-refractivity contribution in [1.82, 2.24) is 10.3 Å². The molecule has 0 spiro atoms. The maximum atomic E-state index is 13.2. The normalized spacial score (nSPS) is 10.7. The molecule has 1 aromatic carbocycles. The summed E-state index contributed by atoms with van der Waals surface area (Å²) in [5.74, 6) is 0.170. The summed E-state index contributed by atoms with van der Waals surface area (Å²) in [7, 11) is 0. The first-order valence-corrected chi connectivity index (χ1v) is 7.68. The molecule has 1 N–H and O–H groups in total. The molecule has 0 bridgehead atoms. The van der Waals surface area contributed by atoms with E-state index in [1.807, 2.05) is 19.9 Å². The van der Waals surface area contributed by atoms with Gasteiger partial charge >= 0.3 is 0 Å². The lowest BCUT2D eigenvalue weighted by molar-refractivity contribution is 0.0939. The van der Waals surface area contributed by atoms with Crippen molar-refractivity contribution in [2.45, 2.75) is 30.7 Å². The summed E-state index contributed by atoms with van der Waals surface area (Å²) in [5.41, 5.74) is 1.41. The van der Waals surface area contributed by atoms with Crippen LogP contribution in [0.2, 0.25) is 0 Å². The Bertz CT molecular complexity index is 631. The summed E-state index contributed by atoms with van der Waals surface area (Å²) in [6, 6.07) is 9.99. The van der Waals surface area contributed by atoms with Gasteiger partial charge in [-0.3, -0.25) is 4.79 Å². The number of hydrogen-bond donors (Lipinski definition) is 1. The lowest BCUT2D eigenvalue weighted by Gasteiger charge is -2.11. The predicted octanol–water partition coefficient (Wildman–Crippen LogP) is 3.65. The second-order valence-electron chi connectivity index (χ2n) is 4.90. The van der Waals surface area contributed by atoms with E-state index in [2.05, 4.69) is 10.3 Å². The van der Waals surface area contributed by atoms with Crippen LogP contribution < -0.4 is 5.32 Å². The number of benzene rings is 1. The van der Waals surface area contributed by atoms with Gasteiger partial charge in [-0.15, -0.1) is 11.8 Å². The third kappa shape index (κ3) is 4.56. The van der Waals surface area contributed by atoms with E-state index in [4.69, 9.17) is 0 Å². The molecule has 0 aliphatic heterocycles. The molecule has 1 aromatic heterocycles. The molecule has 0 atom stereocenters. The zero-order chi connectivity index (χ0) is 15.2. The van der Waals surface area contributed by atoms with Crippen LogP contribution in [-0.4, -0.2) is 16.9 Å². The van der Waals surface area contributed by atoms with Gasteiger partial charge in [0.1, 0.15) is 10.8 Å². The van der Waals surface area contributed by atoms with Crippen LogP contribution in [0.15, 0.2) is 47.6 Å². The Morgan fingerprint density at radius 2 is 2.14 bits per heavy atom. The number of carbonyl (C=O) groups is 1. The Labute approximate surface area is 128 Å². The topological polar surface area (TPSA) is 42.0 Å². The van der Waals surface area contributed by atoms with Gasteiger partial charge in [0.25, 0.3) is 5.91 Å². The Balaban J connectivity index is 2.11. The van der Waals surface area contributed by atoms with E-state index in [0.717, 1.165) is 5.56 Å². The van der Waals surface area contributed by atoms with Gasteiger partial charge in [0, 0.05) is 18.0 Å². The molecule has 0 radical (unpaired) electrons. The largest absolute Gasteiger partial charge is 0.350 e. The van der Waals surface area contributed by atoms with Crippen molar-refractivity contribution in [3.63, 3.8) is 0 Å². The minimum Gasteiger partial charge on any atom is -0.350 e. The van der Waals surface area contributed by atoms with Crippen molar-refractivity contribution < 1.29 is 9.18 Å². The number of amides is 1. The molecule has 0 aliphatic rings. The molecule has 0 aliphatic carbocycles. The second kappa shape index (κ2) is 7.22. The highest BCUT2D eigenvalue weighted by atomic mass is 32.2. The number of halogens is 1. The van der Waals surface area contributed by atoms with E-state index in [1.165, 1.54) is 23.9 Å². The van der Waals surface area contributed by atoms with Crippen LogP contribution >= 0.6 is 11.8 Å². The van der Waals surface area contributed by atoms with Crippen LogP contribution in [0.5, 0.6) is 0 Å². The van der Waals surface area contributed by atoms with E-state index in [1.54, 1.807) is 24.4 Å². The number of nitrogens with zero attached hydrogens (tertiary/aromatic N) is 1. The maximum Gasteiger partial charge on any atom is 0.254 e. The quantitative estimate of drug-likeness (QED) is 0.857. The second-order valence-corrected chi connectivity index (χ2v) is 5.87. The van der Waals surface area contributed by atoms with Crippen molar-refractivity contribution in [3.05, 3.63) is 59.5 Å². The summed E-state index contributed by atoms with van der Waals surface area (Å²) in [6.45, 7) is 3.82.